The van der Waals surface area contributed by atoms with E-state index in [1.807, 2.05) is 20.8 Å². The number of benzene rings is 4. The highest BCUT2D eigenvalue weighted by Crippen LogP contribution is 2.53. The van der Waals surface area contributed by atoms with E-state index in [-0.39, 0.29) is 38.2 Å². The van der Waals surface area contributed by atoms with Crippen LogP contribution in [0.1, 0.15) is 66.3 Å². The molecule has 7 nitrogen and oxygen atoms in total. The number of aliphatic hydroxyl groups is 1. The molecule has 1 saturated heterocycles. The Bertz CT molecular complexity index is 1930. The minimum atomic E-state index is -1.80. The Labute approximate surface area is 293 Å². The number of ether oxygens (including phenoxy) is 1. The van der Waals surface area contributed by atoms with Gasteiger partial charge in [0.05, 0.1) is 29.9 Å². The van der Waals surface area contributed by atoms with E-state index in [1.165, 1.54) is 55.6 Å². The molecule has 0 saturated carbocycles. The van der Waals surface area contributed by atoms with Gasteiger partial charge in [0, 0.05) is 28.1 Å². The van der Waals surface area contributed by atoms with E-state index in [9.17, 15) is 20.0 Å². The molecule has 0 spiro atoms. The van der Waals surface area contributed by atoms with Crippen molar-refractivity contribution in [1.82, 2.24) is 5.32 Å². The maximum Gasteiger partial charge on any atom is 0.242 e. The van der Waals surface area contributed by atoms with Crippen LogP contribution in [-0.2, 0) is 10.2 Å². The van der Waals surface area contributed by atoms with Crippen molar-refractivity contribution in [2.45, 2.75) is 56.7 Å². The molecule has 4 aromatic rings. The molecule has 0 radical (unpaired) electrons. The third-order valence-corrected chi connectivity index (χ3v) is 9.37. The number of nitrogens with one attached hydrogen (secondary N) is 2. The Morgan fingerprint density at radius 1 is 1.04 bits per heavy atom. The van der Waals surface area contributed by atoms with E-state index < -0.39 is 58.3 Å². The zero-order valence-corrected chi connectivity index (χ0v) is 28.7. The number of nitrogens with zero attached hydrogens (tertiary/aromatic N) is 1. The summed E-state index contributed by atoms with van der Waals surface area (Å²) in [5.74, 6) is -4.02. The summed E-state index contributed by atoms with van der Waals surface area (Å²) in [7, 11) is 1.36. The lowest BCUT2D eigenvalue weighted by atomic mass is 9.62. The van der Waals surface area contributed by atoms with Crippen molar-refractivity contribution in [3.05, 3.63) is 129 Å². The maximum atomic E-state index is 16.0. The highest BCUT2D eigenvalue weighted by atomic mass is 35.5. The fraction of sp³-hybridized carbons (Fsp3) is 0.289. The molecule has 1 heterocycles. The normalized spacial score (nSPS) is 21.1. The number of rotatable bonds is 9. The number of carbonyl (C=O) groups excluding carboxylic acids is 2. The summed E-state index contributed by atoms with van der Waals surface area (Å²) in [6, 6.07) is 21.2. The first-order valence-corrected chi connectivity index (χ1v) is 16.3. The largest absolute Gasteiger partial charge is 0.495 e. The van der Waals surface area contributed by atoms with Gasteiger partial charge in [-0.2, -0.15) is 5.26 Å². The summed E-state index contributed by atoms with van der Waals surface area (Å²) < 4.78 is 37.4. The van der Waals surface area contributed by atoms with Gasteiger partial charge >= 0.3 is 0 Å². The van der Waals surface area contributed by atoms with E-state index >= 15 is 8.78 Å². The van der Waals surface area contributed by atoms with Crippen molar-refractivity contribution in [1.29, 1.82) is 5.26 Å². The van der Waals surface area contributed by atoms with Crippen LogP contribution in [0, 0.1) is 28.4 Å². The monoisotopic (exact) mass is 705 g/mol. The number of hydrogen-bond acceptors (Lipinski definition) is 6. The van der Waals surface area contributed by atoms with E-state index in [0.29, 0.717) is 12.0 Å². The molecular weight excluding hydrogens is 671 g/mol. The number of Topliss-reactive ketones (excluding diaryl/α,β-unsaturated/α-hetero) is 1. The van der Waals surface area contributed by atoms with E-state index in [4.69, 9.17) is 27.9 Å². The second kappa shape index (κ2) is 14.3. The van der Waals surface area contributed by atoms with Crippen molar-refractivity contribution in [2.24, 2.45) is 5.41 Å². The first-order valence-electron chi connectivity index (χ1n) is 15.5. The predicted octanol–water partition coefficient (Wildman–Crippen LogP) is 8.16. The fourth-order valence-corrected chi connectivity index (χ4v) is 7.00. The first kappa shape index (κ1) is 36.0. The predicted molar refractivity (Wildman–Crippen MR) is 185 cm³/mol. The molecule has 5 atom stereocenters. The average molecular weight is 707 g/mol. The zero-order valence-electron chi connectivity index (χ0n) is 27.2. The molecular formula is C38H35Cl2F2N3O4. The van der Waals surface area contributed by atoms with E-state index in [2.05, 4.69) is 16.7 Å². The SMILES string of the molecule is COc1cc(C(=O)C(O)c2ccccc2)ccc1NC(=O)[C@@H]1N[C@@H](CC(C)(C)C)[C@](C#N)(c2ccc(Cl)cc2F)[C@H]1c1cccc(Cl)c1F. The van der Waals surface area contributed by atoms with Crippen LogP contribution < -0.4 is 15.4 Å². The number of aliphatic hydroxyl groups excluding tert-OH is 1. The van der Waals surface area contributed by atoms with Crippen LogP contribution in [0.4, 0.5) is 14.5 Å². The number of methoxy groups -OCH3 is 1. The van der Waals surface area contributed by atoms with Crippen LogP contribution in [0.25, 0.3) is 0 Å². The first-order chi connectivity index (χ1) is 23.2. The standard InChI is InChI=1S/C38H35Cl2F2N3O4/c1-37(2,3)19-30-38(20-43,25-15-14-23(39)18-27(25)41)31(24-11-8-12-26(40)32(24)42)33(45-30)36(48)44-28-16-13-22(17-29(28)49-4)35(47)34(46)21-9-6-5-7-10-21/h5-18,30-31,33-34,45-46H,19H2,1-4H3,(H,44,48)/t30-,31-,33+,34?,38-/m0/s1. The van der Waals surface area contributed by atoms with Crippen molar-refractivity contribution in [3.8, 4) is 11.8 Å². The molecule has 0 aromatic heterocycles. The number of halogens is 4. The Balaban J connectivity index is 1.60. The summed E-state index contributed by atoms with van der Waals surface area (Å²) in [6.07, 6.45) is -1.12. The second-order valence-electron chi connectivity index (χ2n) is 13.3. The minimum Gasteiger partial charge on any atom is -0.495 e. The van der Waals surface area contributed by atoms with Gasteiger partial charge in [0.1, 0.15) is 28.9 Å². The number of hydrogen-bond donors (Lipinski definition) is 3. The fourth-order valence-electron chi connectivity index (χ4n) is 6.66. The van der Waals surface area contributed by atoms with Gasteiger partial charge in [0.25, 0.3) is 0 Å². The number of carbonyl (C=O) groups is 2. The maximum absolute atomic E-state index is 16.0. The minimum absolute atomic E-state index is 0.0433. The van der Waals surface area contributed by atoms with Gasteiger partial charge in [0.2, 0.25) is 5.91 Å². The zero-order chi connectivity index (χ0) is 35.7. The summed E-state index contributed by atoms with van der Waals surface area (Å²) in [5, 5.41) is 27.7. The van der Waals surface area contributed by atoms with Gasteiger partial charge in [0.15, 0.2) is 5.78 Å². The van der Waals surface area contributed by atoms with Gasteiger partial charge in [-0.25, -0.2) is 8.78 Å². The van der Waals surface area contributed by atoms with Crippen LogP contribution in [-0.4, -0.2) is 36.0 Å². The number of ketones is 1. The molecule has 4 aromatic carbocycles. The van der Waals surface area contributed by atoms with Crippen LogP contribution in [0.3, 0.4) is 0 Å². The van der Waals surface area contributed by atoms with E-state index in [1.54, 1.807) is 30.3 Å². The quantitative estimate of drug-likeness (QED) is 0.152. The molecule has 1 aliphatic rings. The second-order valence-corrected chi connectivity index (χ2v) is 14.1. The smallest absolute Gasteiger partial charge is 0.242 e. The third kappa shape index (κ3) is 7.06. The number of anilines is 1. The van der Waals surface area contributed by atoms with Crippen molar-refractivity contribution >= 4 is 40.6 Å². The molecule has 49 heavy (non-hydrogen) atoms. The topological polar surface area (TPSA) is 111 Å². The average Bonchev–Trinajstić information content (AvgIpc) is 3.38. The molecule has 0 bridgehead atoms. The Morgan fingerprint density at radius 2 is 1.76 bits per heavy atom. The summed E-state index contributed by atoms with van der Waals surface area (Å²) in [5.41, 5.74) is -1.59. The molecule has 5 rings (SSSR count). The van der Waals surface area contributed by atoms with Gasteiger partial charge in [-0.3, -0.25) is 9.59 Å². The molecule has 1 unspecified atom stereocenters. The Kier molecular flexibility index (Phi) is 10.5. The van der Waals surface area contributed by atoms with Crippen LogP contribution in [0.15, 0.2) is 84.9 Å². The Morgan fingerprint density at radius 3 is 2.39 bits per heavy atom. The molecule has 1 aliphatic heterocycles. The molecule has 3 N–H and O–H groups in total. The van der Waals surface area contributed by atoms with E-state index in [0.717, 1.165) is 6.07 Å². The number of amides is 1. The van der Waals surface area contributed by atoms with Crippen molar-refractivity contribution in [2.75, 3.05) is 12.4 Å². The highest BCUT2D eigenvalue weighted by molar-refractivity contribution is 6.31. The van der Waals surface area contributed by atoms with Crippen LogP contribution >= 0.6 is 23.2 Å². The van der Waals surface area contributed by atoms with Gasteiger partial charge in [-0.15, -0.1) is 0 Å². The lowest BCUT2D eigenvalue weighted by molar-refractivity contribution is -0.118. The van der Waals surface area contributed by atoms with Crippen molar-refractivity contribution in [3.63, 3.8) is 0 Å². The lowest BCUT2D eigenvalue weighted by Crippen LogP contribution is -2.45. The Hall–Kier alpha value is -4.33. The summed E-state index contributed by atoms with van der Waals surface area (Å²) >= 11 is 12.3. The van der Waals surface area contributed by atoms with Gasteiger partial charge in [-0.05, 0) is 59.4 Å². The van der Waals surface area contributed by atoms with Gasteiger partial charge < -0.3 is 20.5 Å². The third-order valence-electron chi connectivity index (χ3n) is 8.84. The van der Waals surface area contributed by atoms with Crippen LogP contribution in [0.2, 0.25) is 10.0 Å². The highest BCUT2D eigenvalue weighted by Gasteiger charge is 2.61. The van der Waals surface area contributed by atoms with Crippen molar-refractivity contribution < 1.29 is 28.2 Å². The summed E-state index contributed by atoms with van der Waals surface area (Å²) in [4.78, 5) is 27.5. The summed E-state index contributed by atoms with van der Waals surface area (Å²) in [6.45, 7) is 5.83. The molecule has 254 valence electrons. The lowest BCUT2D eigenvalue weighted by Gasteiger charge is -2.37. The van der Waals surface area contributed by atoms with Gasteiger partial charge in [-0.1, -0.05) is 92.5 Å². The molecule has 1 amide bonds. The molecule has 11 heteroatoms. The molecule has 0 aliphatic carbocycles. The van der Waals surface area contributed by atoms with Crippen LogP contribution in [0.5, 0.6) is 5.75 Å². The number of nitriles is 1. The molecule has 1 fully saturated rings.